The minimum atomic E-state index is -4.60. The van der Waals surface area contributed by atoms with Crippen LogP contribution >= 0.6 is 0 Å². The van der Waals surface area contributed by atoms with Gasteiger partial charge in [0.1, 0.15) is 0 Å². The molecule has 1 unspecified atom stereocenters. The van der Waals surface area contributed by atoms with E-state index in [0.29, 0.717) is 11.1 Å². The van der Waals surface area contributed by atoms with E-state index in [4.69, 9.17) is 0 Å². The molecule has 2 N–H and O–H groups in total. The Hall–Kier alpha value is -4.62. The van der Waals surface area contributed by atoms with Crippen molar-refractivity contribution in [2.45, 2.75) is 44.6 Å². The number of nitrogens with zero attached hydrogens (tertiary/aromatic N) is 3. The second-order valence-corrected chi connectivity index (χ2v) is 10.5. The van der Waals surface area contributed by atoms with Gasteiger partial charge in [0.25, 0.3) is 5.91 Å². The van der Waals surface area contributed by atoms with Crippen LogP contribution in [0.5, 0.6) is 0 Å². The van der Waals surface area contributed by atoms with Gasteiger partial charge in [0.05, 0.1) is 34.5 Å². The molecule has 0 radical (unpaired) electrons. The van der Waals surface area contributed by atoms with E-state index >= 15 is 0 Å². The molecule has 3 aromatic carbocycles. The maximum atomic E-state index is 13.9. The molecule has 216 valence electrons. The van der Waals surface area contributed by atoms with Gasteiger partial charge in [-0.3, -0.25) is 14.6 Å². The van der Waals surface area contributed by atoms with Gasteiger partial charge in [0, 0.05) is 31.4 Å². The summed E-state index contributed by atoms with van der Waals surface area (Å²) in [6.45, 7) is 3.98. The number of alkyl halides is 3. The van der Waals surface area contributed by atoms with Gasteiger partial charge in [-0.05, 0) is 61.2 Å². The molecule has 1 saturated heterocycles. The topological polar surface area (TPSA) is 88.5 Å². The number of hydrogen-bond acceptors (Lipinski definition) is 4. The van der Waals surface area contributed by atoms with E-state index < -0.39 is 29.7 Å². The van der Waals surface area contributed by atoms with Crippen LogP contribution in [0.15, 0.2) is 90.1 Å². The highest BCUT2D eigenvalue weighted by molar-refractivity contribution is 6.05. The quantitative estimate of drug-likeness (QED) is 0.384. The number of benzene rings is 3. The SMILES string of the molecule is CC1=C(C(=O)NC2CCN(Cc3ccccc3)CC2)C(c2ccc(C#N)cc2)NC(=O)N1c1cccc(C(F)(F)F)c1. The molecule has 3 amide bonds. The Morgan fingerprint density at radius 2 is 1.71 bits per heavy atom. The maximum absolute atomic E-state index is 13.9. The van der Waals surface area contributed by atoms with Crippen LogP contribution in [0.2, 0.25) is 0 Å². The lowest BCUT2D eigenvalue weighted by Crippen LogP contribution is -2.51. The number of nitrogens with one attached hydrogen (secondary N) is 2. The summed E-state index contributed by atoms with van der Waals surface area (Å²) < 4.78 is 40.4. The number of hydrogen-bond donors (Lipinski definition) is 2. The van der Waals surface area contributed by atoms with E-state index in [-0.39, 0.29) is 23.0 Å². The summed E-state index contributed by atoms with van der Waals surface area (Å²) in [5.74, 6) is -0.402. The molecule has 0 aromatic heterocycles. The summed E-state index contributed by atoms with van der Waals surface area (Å²) in [4.78, 5) is 30.6. The fourth-order valence-electron chi connectivity index (χ4n) is 5.51. The summed E-state index contributed by atoms with van der Waals surface area (Å²) >= 11 is 0. The Labute approximate surface area is 242 Å². The number of amides is 3. The van der Waals surface area contributed by atoms with Gasteiger partial charge in [-0.15, -0.1) is 0 Å². The second-order valence-electron chi connectivity index (χ2n) is 10.5. The molecule has 5 rings (SSSR count). The van der Waals surface area contributed by atoms with Crippen molar-refractivity contribution < 1.29 is 22.8 Å². The van der Waals surface area contributed by atoms with Gasteiger partial charge in [0.2, 0.25) is 0 Å². The van der Waals surface area contributed by atoms with Crippen molar-refractivity contribution in [3.63, 3.8) is 0 Å². The normalized spacial score (nSPS) is 18.4. The van der Waals surface area contributed by atoms with Gasteiger partial charge in [-0.2, -0.15) is 18.4 Å². The molecule has 10 heteroatoms. The maximum Gasteiger partial charge on any atom is 0.416 e. The van der Waals surface area contributed by atoms with Crippen molar-refractivity contribution in [2.75, 3.05) is 18.0 Å². The van der Waals surface area contributed by atoms with E-state index in [2.05, 4.69) is 27.7 Å². The number of anilines is 1. The molecule has 0 spiro atoms. The lowest BCUT2D eigenvalue weighted by atomic mass is 9.92. The first-order valence-electron chi connectivity index (χ1n) is 13.7. The Bertz CT molecular complexity index is 1520. The third-order valence-electron chi connectivity index (χ3n) is 7.71. The Kier molecular flexibility index (Phi) is 8.31. The van der Waals surface area contributed by atoms with Crippen LogP contribution in [0, 0.1) is 11.3 Å². The number of nitriles is 1. The average molecular weight is 574 g/mol. The molecule has 0 saturated carbocycles. The standard InChI is InChI=1S/C32H30F3N5O2/c1-21-28(30(41)37-26-14-16-39(17-15-26)20-23-6-3-2-4-7-23)29(24-12-10-22(19-36)11-13-24)38-31(42)40(21)27-9-5-8-25(18-27)32(33,34)35/h2-13,18,26,29H,14-17,20H2,1H3,(H,37,41)(H,38,42). The van der Waals surface area contributed by atoms with Gasteiger partial charge in [-0.25, -0.2) is 4.79 Å². The molecule has 42 heavy (non-hydrogen) atoms. The molecule has 1 fully saturated rings. The molecule has 3 aromatic rings. The van der Waals surface area contributed by atoms with Crippen molar-refractivity contribution in [1.29, 1.82) is 5.26 Å². The lowest BCUT2D eigenvalue weighted by Gasteiger charge is -2.37. The highest BCUT2D eigenvalue weighted by Crippen LogP contribution is 2.37. The van der Waals surface area contributed by atoms with Crippen molar-refractivity contribution in [3.8, 4) is 6.07 Å². The first-order chi connectivity index (χ1) is 20.1. The van der Waals surface area contributed by atoms with E-state index in [0.717, 1.165) is 49.5 Å². The van der Waals surface area contributed by atoms with Crippen LogP contribution in [0.1, 0.15) is 48.1 Å². The fraction of sp³-hybridized carbons (Fsp3) is 0.281. The summed E-state index contributed by atoms with van der Waals surface area (Å²) in [6.07, 6.45) is -3.13. The predicted molar refractivity (Wildman–Crippen MR) is 152 cm³/mol. The summed E-state index contributed by atoms with van der Waals surface area (Å²) in [7, 11) is 0. The van der Waals surface area contributed by atoms with Crippen molar-refractivity contribution in [3.05, 3.63) is 112 Å². The molecule has 2 heterocycles. The number of halogens is 3. The first kappa shape index (κ1) is 28.9. The fourth-order valence-corrected chi connectivity index (χ4v) is 5.51. The number of allylic oxidation sites excluding steroid dienone is 1. The Balaban J connectivity index is 1.42. The molecule has 0 aliphatic carbocycles. The number of urea groups is 1. The Morgan fingerprint density at radius 3 is 2.36 bits per heavy atom. The van der Waals surface area contributed by atoms with Crippen LogP contribution in [0.3, 0.4) is 0 Å². The van der Waals surface area contributed by atoms with E-state index in [1.807, 2.05) is 24.3 Å². The van der Waals surface area contributed by atoms with Gasteiger partial charge < -0.3 is 10.6 Å². The highest BCUT2D eigenvalue weighted by atomic mass is 19.4. The van der Waals surface area contributed by atoms with Gasteiger partial charge in [0.15, 0.2) is 0 Å². The average Bonchev–Trinajstić information content (AvgIpc) is 2.98. The first-order valence-corrected chi connectivity index (χ1v) is 13.7. The zero-order valence-electron chi connectivity index (χ0n) is 23.0. The molecule has 0 bridgehead atoms. The third kappa shape index (κ3) is 6.31. The van der Waals surface area contributed by atoms with Crippen LogP contribution < -0.4 is 15.5 Å². The monoisotopic (exact) mass is 573 g/mol. The zero-order chi connectivity index (χ0) is 29.9. The largest absolute Gasteiger partial charge is 0.416 e. The lowest BCUT2D eigenvalue weighted by molar-refractivity contribution is -0.137. The number of rotatable bonds is 6. The van der Waals surface area contributed by atoms with E-state index in [1.165, 1.54) is 17.7 Å². The predicted octanol–water partition coefficient (Wildman–Crippen LogP) is 5.90. The third-order valence-corrected chi connectivity index (χ3v) is 7.71. The molecule has 2 aliphatic heterocycles. The minimum Gasteiger partial charge on any atom is -0.349 e. The van der Waals surface area contributed by atoms with Crippen LogP contribution in [0.4, 0.5) is 23.7 Å². The zero-order valence-corrected chi connectivity index (χ0v) is 23.0. The molecular weight excluding hydrogens is 543 g/mol. The minimum absolute atomic E-state index is 0.00220. The number of carbonyl (C=O) groups excluding carboxylic acids is 2. The summed E-state index contributed by atoms with van der Waals surface area (Å²) in [5.41, 5.74) is 1.77. The summed E-state index contributed by atoms with van der Waals surface area (Å²) in [6, 6.07) is 21.5. The molecule has 1 atom stereocenters. The van der Waals surface area contributed by atoms with Crippen molar-refractivity contribution >= 4 is 17.6 Å². The van der Waals surface area contributed by atoms with E-state index in [1.54, 1.807) is 31.2 Å². The Morgan fingerprint density at radius 1 is 1.02 bits per heavy atom. The number of carbonyl (C=O) groups is 2. The highest BCUT2D eigenvalue weighted by Gasteiger charge is 2.38. The molecular formula is C32H30F3N5O2. The second kappa shape index (κ2) is 12.1. The van der Waals surface area contributed by atoms with Crippen molar-refractivity contribution in [2.24, 2.45) is 0 Å². The smallest absolute Gasteiger partial charge is 0.349 e. The van der Waals surface area contributed by atoms with Crippen LogP contribution in [-0.2, 0) is 17.5 Å². The van der Waals surface area contributed by atoms with Crippen LogP contribution in [-0.4, -0.2) is 36.0 Å². The van der Waals surface area contributed by atoms with Crippen LogP contribution in [0.25, 0.3) is 0 Å². The molecule has 2 aliphatic rings. The van der Waals surface area contributed by atoms with E-state index in [9.17, 15) is 28.0 Å². The van der Waals surface area contributed by atoms with Gasteiger partial charge in [-0.1, -0.05) is 48.5 Å². The van der Waals surface area contributed by atoms with Crippen molar-refractivity contribution in [1.82, 2.24) is 15.5 Å². The number of piperidine rings is 1. The molecule has 7 nitrogen and oxygen atoms in total. The number of likely N-dealkylation sites (tertiary alicyclic amines) is 1. The summed E-state index contributed by atoms with van der Waals surface area (Å²) in [5, 5.41) is 15.1. The van der Waals surface area contributed by atoms with Gasteiger partial charge >= 0.3 is 12.2 Å².